The van der Waals surface area contributed by atoms with Gasteiger partial charge in [-0.25, -0.2) is 4.98 Å². The summed E-state index contributed by atoms with van der Waals surface area (Å²) in [4.78, 5) is 72.6. The fourth-order valence-electron chi connectivity index (χ4n) is 5.99. The van der Waals surface area contributed by atoms with Crippen molar-refractivity contribution in [2.75, 3.05) is 12.3 Å². The first-order valence-electron chi connectivity index (χ1n) is 17.9. The number of anilines is 1. The number of imidazole rings is 1. The lowest BCUT2D eigenvalue weighted by Gasteiger charge is -2.28. The van der Waals surface area contributed by atoms with Gasteiger partial charge in [0.1, 0.15) is 29.4 Å². The molecule has 1 aliphatic rings. The largest absolute Gasteiger partial charge is 0.369 e. The van der Waals surface area contributed by atoms with E-state index in [2.05, 4.69) is 26.3 Å². The quantitative estimate of drug-likeness (QED) is 0.117. The van der Waals surface area contributed by atoms with Gasteiger partial charge in [-0.05, 0) is 55.6 Å². The van der Waals surface area contributed by atoms with E-state index in [0.29, 0.717) is 19.4 Å². The van der Waals surface area contributed by atoms with Crippen LogP contribution >= 0.6 is 0 Å². The number of epoxide rings is 1. The SMILES string of the molecule is CC(C)CC(NC(=O)C(CCc1ccccc1)NC(=O)c1cnc(N)n1C)C(=O)NC(Cc1ccccc1)C(=O)NC(CC(C)C)C(=O)C1(C)CO1. The van der Waals surface area contributed by atoms with Gasteiger partial charge in [0.25, 0.3) is 5.91 Å². The van der Waals surface area contributed by atoms with Gasteiger partial charge < -0.3 is 36.3 Å². The molecule has 4 rings (SSSR count). The van der Waals surface area contributed by atoms with E-state index in [1.165, 1.54) is 10.8 Å². The number of aryl methyl sites for hydroxylation is 1. The van der Waals surface area contributed by atoms with Crippen LogP contribution in [0.1, 0.15) is 75.5 Å². The topological polar surface area (TPSA) is 190 Å². The number of amides is 4. The van der Waals surface area contributed by atoms with Crippen LogP contribution in [0.15, 0.2) is 66.9 Å². The minimum absolute atomic E-state index is 0.0143. The molecule has 1 saturated heterocycles. The number of nitrogens with zero attached hydrogens (tertiary/aromatic N) is 2. The van der Waals surface area contributed by atoms with E-state index in [1.807, 2.05) is 88.4 Å². The van der Waals surface area contributed by atoms with Crippen LogP contribution in [0, 0.1) is 11.8 Å². The van der Waals surface area contributed by atoms with Crippen molar-refractivity contribution in [3.8, 4) is 0 Å². The number of ketones is 1. The number of Topliss-reactive ketones (excluding diaryl/α,β-unsaturated/α-hetero) is 1. The van der Waals surface area contributed by atoms with E-state index >= 15 is 0 Å². The van der Waals surface area contributed by atoms with E-state index in [1.54, 1.807) is 14.0 Å². The van der Waals surface area contributed by atoms with Gasteiger partial charge in [-0.3, -0.25) is 24.0 Å². The number of hydrogen-bond acceptors (Lipinski definition) is 8. The van der Waals surface area contributed by atoms with Crippen molar-refractivity contribution in [1.29, 1.82) is 0 Å². The molecule has 2 aromatic carbocycles. The zero-order valence-corrected chi connectivity index (χ0v) is 31.0. The number of ether oxygens (including phenoxy) is 1. The maximum Gasteiger partial charge on any atom is 0.270 e. The molecular weight excluding hydrogens is 662 g/mol. The number of carbonyl (C=O) groups is 5. The summed E-state index contributed by atoms with van der Waals surface area (Å²) in [6, 6.07) is 14.9. The molecule has 5 atom stereocenters. The van der Waals surface area contributed by atoms with Crippen LogP contribution < -0.4 is 27.0 Å². The van der Waals surface area contributed by atoms with Crippen LogP contribution in [0.25, 0.3) is 0 Å². The highest BCUT2D eigenvalue weighted by atomic mass is 16.6. The molecule has 13 heteroatoms. The summed E-state index contributed by atoms with van der Waals surface area (Å²) in [7, 11) is 1.60. The van der Waals surface area contributed by atoms with Gasteiger partial charge in [0, 0.05) is 13.5 Å². The van der Waals surface area contributed by atoms with Gasteiger partial charge in [0.05, 0.1) is 18.8 Å². The third-order valence-electron chi connectivity index (χ3n) is 9.14. The van der Waals surface area contributed by atoms with E-state index in [0.717, 1.165) is 11.1 Å². The lowest BCUT2D eigenvalue weighted by atomic mass is 9.93. The Morgan fingerprint density at radius 1 is 0.769 bits per heavy atom. The number of nitrogens with two attached hydrogens (primary N) is 1. The Morgan fingerprint density at radius 2 is 1.27 bits per heavy atom. The van der Waals surface area contributed by atoms with Crippen molar-refractivity contribution in [3.05, 3.63) is 83.7 Å². The summed E-state index contributed by atoms with van der Waals surface area (Å²) < 4.78 is 6.82. The number of aromatic nitrogens is 2. The molecule has 5 unspecified atom stereocenters. The Kier molecular flexibility index (Phi) is 13.7. The Labute approximate surface area is 305 Å². The Bertz CT molecular complexity index is 1690. The standard InChI is InChI=1S/C39H53N7O6/c1-24(2)19-29(33(47)39(5)23-52-39)43-36(50)31(21-27-15-11-8-12-16-27)45-35(49)30(20-25(3)4)44-34(48)28(18-17-26-13-9-7-10-14-26)42-37(51)32-22-41-38(40)46(32)6/h7-16,22,24-25,28-31H,17-21,23H2,1-6H3,(H2,40,41)(H,42,51)(H,43,50)(H,44,48)(H,45,49). The lowest BCUT2D eigenvalue weighted by Crippen LogP contribution is -2.59. The molecule has 6 N–H and O–H groups in total. The van der Waals surface area contributed by atoms with Crippen molar-refractivity contribution in [2.24, 2.45) is 18.9 Å². The zero-order chi connectivity index (χ0) is 38.0. The van der Waals surface area contributed by atoms with Crippen LogP contribution in [-0.4, -0.2) is 75.3 Å². The van der Waals surface area contributed by atoms with E-state index < -0.39 is 53.4 Å². The van der Waals surface area contributed by atoms with Gasteiger partial charge in [-0.2, -0.15) is 0 Å². The fraction of sp³-hybridized carbons (Fsp3) is 0.487. The van der Waals surface area contributed by atoms with Gasteiger partial charge in [0.15, 0.2) is 11.7 Å². The first-order valence-corrected chi connectivity index (χ1v) is 17.9. The van der Waals surface area contributed by atoms with Gasteiger partial charge in [-0.1, -0.05) is 88.4 Å². The second-order valence-corrected chi connectivity index (χ2v) is 14.6. The summed E-state index contributed by atoms with van der Waals surface area (Å²) in [5, 5.41) is 11.5. The number of hydrogen-bond donors (Lipinski definition) is 5. The minimum atomic E-state index is -1.05. The van der Waals surface area contributed by atoms with Crippen molar-refractivity contribution in [3.63, 3.8) is 0 Å². The predicted octanol–water partition coefficient (Wildman–Crippen LogP) is 2.88. The number of rotatable bonds is 19. The second-order valence-electron chi connectivity index (χ2n) is 14.6. The lowest BCUT2D eigenvalue weighted by molar-refractivity contribution is -0.134. The van der Waals surface area contributed by atoms with E-state index in [4.69, 9.17) is 10.5 Å². The summed E-state index contributed by atoms with van der Waals surface area (Å²) in [6.07, 6.45) is 2.88. The highest BCUT2D eigenvalue weighted by Crippen LogP contribution is 2.29. The van der Waals surface area contributed by atoms with Crippen LogP contribution in [0.3, 0.4) is 0 Å². The highest BCUT2D eigenvalue weighted by Gasteiger charge is 2.50. The molecule has 1 aromatic heterocycles. The Balaban J connectivity index is 1.55. The van der Waals surface area contributed by atoms with Crippen LogP contribution in [0.4, 0.5) is 5.95 Å². The summed E-state index contributed by atoms with van der Waals surface area (Å²) in [5.41, 5.74) is 6.86. The number of benzene rings is 2. The van der Waals surface area contributed by atoms with E-state index in [9.17, 15) is 24.0 Å². The number of nitrogen functional groups attached to an aromatic ring is 1. The predicted molar refractivity (Wildman–Crippen MR) is 198 cm³/mol. The maximum atomic E-state index is 14.1. The summed E-state index contributed by atoms with van der Waals surface area (Å²) in [5.74, 6) is -2.14. The van der Waals surface area contributed by atoms with Crippen LogP contribution in [-0.2, 0) is 43.8 Å². The Hall–Kier alpha value is -5.04. The van der Waals surface area contributed by atoms with E-state index in [-0.39, 0.29) is 48.5 Å². The molecule has 0 saturated carbocycles. The molecule has 13 nitrogen and oxygen atoms in total. The maximum absolute atomic E-state index is 14.1. The minimum Gasteiger partial charge on any atom is -0.369 e. The molecule has 0 radical (unpaired) electrons. The normalized spacial score (nSPS) is 17.5. The first kappa shape index (κ1) is 39.7. The van der Waals surface area contributed by atoms with Crippen LogP contribution in [0.2, 0.25) is 0 Å². The zero-order valence-electron chi connectivity index (χ0n) is 31.0. The van der Waals surface area contributed by atoms with Crippen molar-refractivity contribution in [2.45, 2.75) is 96.5 Å². The van der Waals surface area contributed by atoms with Gasteiger partial charge >= 0.3 is 0 Å². The average molecular weight is 716 g/mol. The Morgan fingerprint density at radius 3 is 1.81 bits per heavy atom. The molecule has 4 amide bonds. The summed E-state index contributed by atoms with van der Waals surface area (Å²) >= 11 is 0. The third-order valence-corrected chi connectivity index (χ3v) is 9.14. The molecule has 3 aromatic rings. The molecule has 280 valence electrons. The molecule has 2 heterocycles. The monoisotopic (exact) mass is 715 g/mol. The molecule has 52 heavy (non-hydrogen) atoms. The molecule has 1 aliphatic heterocycles. The van der Waals surface area contributed by atoms with Crippen molar-refractivity contribution < 1.29 is 28.7 Å². The molecule has 0 aliphatic carbocycles. The highest BCUT2D eigenvalue weighted by molar-refractivity contribution is 5.99. The molecule has 0 spiro atoms. The number of nitrogens with one attached hydrogen (secondary N) is 4. The van der Waals surface area contributed by atoms with Crippen LogP contribution in [0.5, 0.6) is 0 Å². The van der Waals surface area contributed by atoms with Gasteiger partial charge in [0.2, 0.25) is 17.7 Å². The summed E-state index contributed by atoms with van der Waals surface area (Å²) in [6.45, 7) is 9.77. The smallest absolute Gasteiger partial charge is 0.270 e. The average Bonchev–Trinajstić information content (AvgIpc) is 3.77. The second kappa shape index (κ2) is 17.9. The molecule has 1 fully saturated rings. The van der Waals surface area contributed by atoms with Crippen molar-refractivity contribution >= 4 is 35.4 Å². The van der Waals surface area contributed by atoms with Crippen molar-refractivity contribution in [1.82, 2.24) is 30.8 Å². The fourth-order valence-corrected chi connectivity index (χ4v) is 5.99. The third kappa shape index (κ3) is 11.2. The van der Waals surface area contributed by atoms with Gasteiger partial charge in [-0.15, -0.1) is 0 Å². The molecule has 0 bridgehead atoms. The number of carbonyl (C=O) groups excluding carboxylic acids is 5. The molecular formula is C39H53N7O6. The first-order chi connectivity index (χ1) is 24.7.